The van der Waals surface area contributed by atoms with Gasteiger partial charge in [-0.25, -0.2) is 9.67 Å². The summed E-state index contributed by atoms with van der Waals surface area (Å²) in [6.07, 6.45) is 0.647. The van der Waals surface area contributed by atoms with Crippen molar-refractivity contribution in [1.29, 1.82) is 0 Å². The molecule has 2 heterocycles. The number of nitrogens with zero attached hydrogens (tertiary/aromatic N) is 3. The van der Waals surface area contributed by atoms with Crippen molar-refractivity contribution < 1.29 is 9.18 Å². The summed E-state index contributed by atoms with van der Waals surface area (Å²) < 4.78 is 14.8. The van der Waals surface area contributed by atoms with Crippen LogP contribution in [0.5, 0.6) is 0 Å². The van der Waals surface area contributed by atoms with Crippen molar-refractivity contribution in [3.8, 4) is 0 Å². The number of aromatic nitrogens is 3. The van der Waals surface area contributed by atoms with Crippen molar-refractivity contribution in [3.05, 3.63) is 47.5 Å². The average Bonchev–Trinajstić information content (AvgIpc) is 2.98. The molecule has 0 saturated heterocycles. The summed E-state index contributed by atoms with van der Waals surface area (Å²) in [5.74, 6) is 0.299. The van der Waals surface area contributed by atoms with E-state index in [1.165, 1.54) is 6.92 Å². The molecule has 2 atom stereocenters. The Bertz CT molecular complexity index is 608. The van der Waals surface area contributed by atoms with Gasteiger partial charge in [-0.15, -0.1) is 5.10 Å². The Balaban J connectivity index is 2.05. The third kappa shape index (κ3) is 1.95. The van der Waals surface area contributed by atoms with Gasteiger partial charge in [0, 0.05) is 12.8 Å². The number of halogens is 1. The first-order valence-corrected chi connectivity index (χ1v) is 6.29. The quantitative estimate of drug-likeness (QED) is 0.796. The molecule has 1 aromatic heterocycles. The van der Waals surface area contributed by atoms with Gasteiger partial charge in [-0.05, 0) is 12.0 Å². The molecule has 0 saturated carbocycles. The molecule has 0 fully saturated rings. The highest BCUT2D eigenvalue weighted by atomic mass is 19.1. The van der Waals surface area contributed by atoms with Gasteiger partial charge in [-0.1, -0.05) is 30.3 Å². The number of benzene rings is 1. The van der Waals surface area contributed by atoms with E-state index in [9.17, 15) is 9.18 Å². The van der Waals surface area contributed by atoms with E-state index in [0.29, 0.717) is 12.2 Å². The van der Waals surface area contributed by atoms with Gasteiger partial charge in [0.05, 0.1) is 12.7 Å². The lowest BCUT2D eigenvalue weighted by atomic mass is 10.00. The predicted molar refractivity (Wildman–Crippen MR) is 67.9 cm³/mol. The predicted octanol–water partition coefficient (Wildman–Crippen LogP) is 2.53. The van der Waals surface area contributed by atoms with Gasteiger partial charge < -0.3 is 0 Å². The highest BCUT2D eigenvalue weighted by molar-refractivity contribution is 5.90. The molecule has 0 bridgehead atoms. The molecular formula is C14H14FN3O. The fraction of sp³-hybridized carbons (Fsp3) is 0.357. The van der Waals surface area contributed by atoms with Crippen molar-refractivity contribution in [2.45, 2.75) is 25.3 Å². The number of ketones is 1. The Morgan fingerprint density at radius 1 is 1.42 bits per heavy atom. The first kappa shape index (κ1) is 12.0. The normalized spacial score (nSPS) is 21.4. The number of hydrogen-bond acceptors (Lipinski definition) is 3. The van der Waals surface area contributed by atoms with Crippen LogP contribution in [-0.2, 0) is 0 Å². The zero-order chi connectivity index (χ0) is 13.4. The van der Waals surface area contributed by atoms with Crippen LogP contribution < -0.4 is 0 Å². The van der Waals surface area contributed by atoms with Gasteiger partial charge in [-0.2, -0.15) is 0 Å². The van der Waals surface area contributed by atoms with Crippen LogP contribution in [0.1, 0.15) is 47.3 Å². The molecule has 0 aliphatic carbocycles. The van der Waals surface area contributed by atoms with Crippen molar-refractivity contribution >= 4 is 5.78 Å². The molecule has 0 N–H and O–H groups in total. The molecule has 0 amide bonds. The highest BCUT2D eigenvalue weighted by Gasteiger charge is 2.35. The van der Waals surface area contributed by atoms with Gasteiger partial charge in [0.1, 0.15) is 5.82 Å². The van der Waals surface area contributed by atoms with Crippen LogP contribution in [0.3, 0.4) is 0 Å². The summed E-state index contributed by atoms with van der Waals surface area (Å²) in [4.78, 5) is 15.5. The maximum Gasteiger partial charge on any atom is 0.217 e. The summed E-state index contributed by atoms with van der Waals surface area (Å²) in [5.41, 5.74) is 1.07. The Labute approximate surface area is 110 Å². The molecule has 0 radical (unpaired) electrons. The Morgan fingerprint density at radius 2 is 2.16 bits per heavy atom. The molecule has 0 spiro atoms. The van der Waals surface area contributed by atoms with Crippen molar-refractivity contribution in [3.63, 3.8) is 0 Å². The Hall–Kier alpha value is -2.04. The van der Waals surface area contributed by atoms with Gasteiger partial charge in [0.25, 0.3) is 0 Å². The van der Waals surface area contributed by atoms with E-state index in [-0.39, 0.29) is 23.6 Å². The van der Waals surface area contributed by atoms with Crippen LogP contribution in [0, 0.1) is 0 Å². The van der Waals surface area contributed by atoms with Gasteiger partial charge in [0.2, 0.25) is 5.82 Å². The SMILES string of the molecule is CC(=O)c1nc2n(n1)C(c1ccccc1)CC2CF. The van der Waals surface area contributed by atoms with E-state index in [2.05, 4.69) is 10.1 Å². The molecule has 5 heteroatoms. The second kappa shape index (κ2) is 4.57. The van der Waals surface area contributed by atoms with E-state index in [0.717, 1.165) is 5.56 Å². The molecule has 2 unspecified atom stereocenters. The molecule has 1 aliphatic rings. The van der Waals surface area contributed by atoms with Crippen LogP contribution >= 0.6 is 0 Å². The topological polar surface area (TPSA) is 47.8 Å². The van der Waals surface area contributed by atoms with E-state index in [1.54, 1.807) is 4.68 Å². The summed E-state index contributed by atoms with van der Waals surface area (Å²) in [6, 6.07) is 9.78. The third-order valence-corrected chi connectivity index (χ3v) is 3.51. The lowest BCUT2D eigenvalue weighted by Crippen LogP contribution is -2.08. The largest absolute Gasteiger partial charge is 0.291 e. The van der Waals surface area contributed by atoms with E-state index < -0.39 is 6.67 Å². The fourth-order valence-electron chi connectivity index (χ4n) is 2.55. The zero-order valence-electron chi connectivity index (χ0n) is 10.6. The fourth-order valence-corrected chi connectivity index (χ4v) is 2.55. The minimum Gasteiger partial charge on any atom is -0.291 e. The average molecular weight is 259 g/mol. The number of carbonyl (C=O) groups excluding carboxylic acids is 1. The van der Waals surface area contributed by atoms with Crippen molar-refractivity contribution in [2.75, 3.05) is 6.67 Å². The molecular weight excluding hydrogens is 245 g/mol. The first-order valence-electron chi connectivity index (χ1n) is 6.29. The molecule has 2 aromatic rings. The zero-order valence-corrected chi connectivity index (χ0v) is 10.6. The van der Waals surface area contributed by atoms with Crippen LogP contribution in [0.2, 0.25) is 0 Å². The summed E-state index contributed by atoms with van der Waals surface area (Å²) >= 11 is 0. The number of hydrogen-bond donors (Lipinski definition) is 0. The van der Waals surface area contributed by atoms with E-state index >= 15 is 0 Å². The molecule has 98 valence electrons. The number of carbonyl (C=O) groups is 1. The number of rotatable bonds is 3. The monoisotopic (exact) mass is 259 g/mol. The third-order valence-electron chi connectivity index (χ3n) is 3.51. The van der Waals surface area contributed by atoms with Crippen LogP contribution in [-0.4, -0.2) is 27.2 Å². The summed E-state index contributed by atoms with van der Waals surface area (Å²) in [5, 5.41) is 4.24. The van der Waals surface area contributed by atoms with Crippen molar-refractivity contribution in [1.82, 2.24) is 14.8 Å². The molecule has 19 heavy (non-hydrogen) atoms. The number of Topliss-reactive ketones (excluding diaryl/α,β-unsaturated/α-hetero) is 1. The summed E-state index contributed by atoms with van der Waals surface area (Å²) in [7, 11) is 0. The molecule has 1 aromatic carbocycles. The highest BCUT2D eigenvalue weighted by Crippen LogP contribution is 2.38. The first-order chi connectivity index (χ1) is 9.20. The second-order valence-corrected chi connectivity index (χ2v) is 4.81. The van der Waals surface area contributed by atoms with Crippen LogP contribution in [0.15, 0.2) is 30.3 Å². The molecule has 1 aliphatic heterocycles. The molecule has 3 rings (SSSR count). The number of alkyl halides is 1. The molecule has 4 nitrogen and oxygen atoms in total. The van der Waals surface area contributed by atoms with Gasteiger partial charge in [0.15, 0.2) is 5.78 Å². The van der Waals surface area contributed by atoms with E-state index in [4.69, 9.17) is 0 Å². The second-order valence-electron chi connectivity index (χ2n) is 4.81. The lowest BCUT2D eigenvalue weighted by Gasteiger charge is -2.11. The van der Waals surface area contributed by atoms with Gasteiger partial charge in [-0.3, -0.25) is 9.18 Å². The van der Waals surface area contributed by atoms with E-state index in [1.807, 2.05) is 30.3 Å². The number of fused-ring (bicyclic) bond motifs is 1. The minimum atomic E-state index is -0.473. The van der Waals surface area contributed by atoms with Crippen LogP contribution in [0.4, 0.5) is 4.39 Å². The standard InChI is InChI=1S/C14H14FN3O/c1-9(19)13-16-14-11(8-15)7-12(18(14)17-13)10-5-3-2-4-6-10/h2-6,11-12H,7-8H2,1H3. The van der Waals surface area contributed by atoms with Crippen LogP contribution in [0.25, 0.3) is 0 Å². The van der Waals surface area contributed by atoms with Gasteiger partial charge >= 0.3 is 0 Å². The minimum absolute atomic E-state index is 0.0300. The smallest absolute Gasteiger partial charge is 0.217 e. The van der Waals surface area contributed by atoms with Crippen molar-refractivity contribution in [2.24, 2.45) is 0 Å². The maximum absolute atomic E-state index is 13.1. The lowest BCUT2D eigenvalue weighted by molar-refractivity contribution is 0.100. The maximum atomic E-state index is 13.1. The summed E-state index contributed by atoms with van der Waals surface area (Å²) in [6.45, 7) is 0.951. The Morgan fingerprint density at radius 3 is 2.79 bits per heavy atom. The Kier molecular flexibility index (Phi) is 2.89.